The Morgan fingerprint density at radius 3 is 3.00 bits per heavy atom. The minimum Gasteiger partial charge on any atom is -0.338 e. The Labute approximate surface area is 158 Å². The van der Waals surface area contributed by atoms with E-state index < -0.39 is 5.82 Å². The number of carbonyl (C=O) groups excluding carboxylic acids is 1. The number of halogens is 2. The zero-order valence-electron chi connectivity index (χ0n) is 15.2. The van der Waals surface area contributed by atoms with E-state index in [4.69, 9.17) is 11.6 Å². The molecule has 0 bridgehead atoms. The summed E-state index contributed by atoms with van der Waals surface area (Å²) < 4.78 is 16.2. The van der Waals surface area contributed by atoms with Crippen molar-refractivity contribution in [2.24, 2.45) is 0 Å². The van der Waals surface area contributed by atoms with Crippen LogP contribution in [0.25, 0.3) is 0 Å². The number of amides is 1. The summed E-state index contributed by atoms with van der Waals surface area (Å²) in [6.45, 7) is 2.95. The number of likely N-dealkylation sites (N-methyl/N-ethyl adjacent to an activating group) is 1. The minimum absolute atomic E-state index is 0.0362. The van der Waals surface area contributed by atoms with Crippen LogP contribution in [0.5, 0.6) is 0 Å². The topological polar surface area (TPSA) is 41.4 Å². The monoisotopic (exact) mass is 378 g/mol. The molecule has 1 aliphatic heterocycles. The number of hydrogen-bond donors (Lipinski definition) is 0. The van der Waals surface area contributed by atoms with Gasteiger partial charge in [0, 0.05) is 49.5 Å². The van der Waals surface area contributed by atoms with Crippen LogP contribution in [0.2, 0.25) is 5.02 Å². The van der Waals surface area contributed by atoms with Crippen LogP contribution in [0, 0.1) is 5.82 Å². The molecular formula is C19H24ClFN4O. The number of hydrogen-bond acceptors (Lipinski definition) is 3. The van der Waals surface area contributed by atoms with E-state index in [0.29, 0.717) is 18.1 Å². The predicted molar refractivity (Wildman–Crippen MR) is 100 cm³/mol. The van der Waals surface area contributed by atoms with Crippen LogP contribution in [0.15, 0.2) is 30.6 Å². The molecule has 1 atom stereocenters. The van der Waals surface area contributed by atoms with Gasteiger partial charge >= 0.3 is 0 Å². The zero-order chi connectivity index (χ0) is 18.7. The van der Waals surface area contributed by atoms with Crippen molar-refractivity contribution in [1.82, 2.24) is 19.4 Å². The van der Waals surface area contributed by atoms with Crippen LogP contribution in [0.4, 0.5) is 4.39 Å². The number of nitrogens with zero attached hydrogens (tertiary/aromatic N) is 4. The average Bonchev–Trinajstić information content (AvgIpc) is 3.10. The Morgan fingerprint density at radius 2 is 2.23 bits per heavy atom. The summed E-state index contributed by atoms with van der Waals surface area (Å²) in [5, 5.41) is 0.363. The van der Waals surface area contributed by atoms with Gasteiger partial charge in [-0.05, 0) is 45.1 Å². The van der Waals surface area contributed by atoms with Crippen molar-refractivity contribution in [1.29, 1.82) is 0 Å². The van der Waals surface area contributed by atoms with Crippen molar-refractivity contribution in [3.05, 3.63) is 52.8 Å². The Morgan fingerprint density at radius 1 is 1.42 bits per heavy atom. The van der Waals surface area contributed by atoms with E-state index >= 15 is 0 Å². The Kier molecular flexibility index (Phi) is 5.94. The van der Waals surface area contributed by atoms with Gasteiger partial charge < -0.3 is 14.4 Å². The Hall–Kier alpha value is -1.92. The number of piperidine rings is 1. The second-order valence-electron chi connectivity index (χ2n) is 7.00. The van der Waals surface area contributed by atoms with Gasteiger partial charge in [-0.15, -0.1) is 0 Å². The second-order valence-corrected chi connectivity index (χ2v) is 7.43. The second kappa shape index (κ2) is 8.18. The molecule has 1 unspecified atom stereocenters. The number of likely N-dealkylation sites (tertiary alicyclic amines) is 1. The first-order valence-corrected chi connectivity index (χ1v) is 9.23. The van der Waals surface area contributed by atoms with Gasteiger partial charge in [-0.3, -0.25) is 4.79 Å². The Bertz CT molecular complexity index is 777. The summed E-state index contributed by atoms with van der Waals surface area (Å²) >= 11 is 5.94. The zero-order valence-corrected chi connectivity index (χ0v) is 15.9. The maximum absolute atomic E-state index is 14.1. The summed E-state index contributed by atoms with van der Waals surface area (Å²) in [7, 11) is 4.08. The number of aromatic nitrogens is 2. The van der Waals surface area contributed by atoms with Gasteiger partial charge in [-0.25, -0.2) is 9.37 Å². The fourth-order valence-corrected chi connectivity index (χ4v) is 3.55. The molecule has 1 saturated heterocycles. The van der Waals surface area contributed by atoms with E-state index in [-0.39, 0.29) is 17.4 Å². The lowest BCUT2D eigenvalue weighted by atomic mass is 9.96. The fourth-order valence-electron chi connectivity index (χ4n) is 3.38. The molecule has 0 radical (unpaired) electrons. The standard InChI is InChI=1S/C19H24ClFN4O/c1-23(2)10-11-24-9-7-22-18(24)14-4-3-8-25(13-14)19(26)16-12-15(20)5-6-17(16)21/h5-7,9,12,14H,3-4,8,10-11,13H2,1-2H3. The molecule has 1 amide bonds. The molecule has 5 nitrogen and oxygen atoms in total. The SMILES string of the molecule is CN(C)CCn1ccnc1C1CCCN(C(=O)c2cc(Cl)ccc2F)C1. The van der Waals surface area contributed by atoms with E-state index in [1.54, 1.807) is 4.90 Å². The highest BCUT2D eigenvalue weighted by Crippen LogP contribution is 2.27. The maximum Gasteiger partial charge on any atom is 0.256 e. The normalized spacial score (nSPS) is 17.7. The van der Waals surface area contributed by atoms with Crippen LogP contribution in [-0.2, 0) is 6.54 Å². The molecule has 0 aliphatic carbocycles. The number of benzene rings is 1. The molecule has 1 fully saturated rings. The summed E-state index contributed by atoms with van der Waals surface area (Å²) in [6.07, 6.45) is 5.64. The van der Waals surface area contributed by atoms with Crippen LogP contribution in [-0.4, -0.2) is 59.0 Å². The third-order valence-electron chi connectivity index (χ3n) is 4.77. The predicted octanol–water partition coefficient (Wildman–Crippen LogP) is 3.26. The Balaban J connectivity index is 1.75. The summed E-state index contributed by atoms with van der Waals surface area (Å²) in [4.78, 5) is 21.2. The molecule has 0 spiro atoms. The first-order chi connectivity index (χ1) is 12.5. The molecule has 2 aromatic rings. The van der Waals surface area contributed by atoms with E-state index in [9.17, 15) is 9.18 Å². The van der Waals surface area contributed by atoms with Crippen molar-refractivity contribution < 1.29 is 9.18 Å². The number of rotatable bonds is 5. The first-order valence-electron chi connectivity index (χ1n) is 8.86. The first kappa shape index (κ1) is 18.9. The number of imidazole rings is 1. The van der Waals surface area contributed by atoms with Gasteiger partial charge in [-0.2, -0.15) is 0 Å². The lowest BCUT2D eigenvalue weighted by molar-refractivity contribution is 0.0698. The molecule has 0 saturated carbocycles. The highest BCUT2D eigenvalue weighted by molar-refractivity contribution is 6.31. The maximum atomic E-state index is 14.1. The summed E-state index contributed by atoms with van der Waals surface area (Å²) in [5.41, 5.74) is 0.0362. The largest absolute Gasteiger partial charge is 0.338 e. The number of carbonyl (C=O) groups is 1. The quantitative estimate of drug-likeness (QED) is 0.802. The highest BCUT2D eigenvalue weighted by atomic mass is 35.5. The van der Waals surface area contributed by atoms with Crippen molar-refractivity contribution in [3.63, 3.8) is 0 Å². The highest BCUT2D eigenvalue weighted by Gasteiger charge is 2.29. The molecule has 2 heterocycles. The molecule has 26 heavy (non-hydrogen) atoms. The molecule has 140 valence electrons. The van der Waals surface area contributed by atoms with Crippen LogP contribution in [0.1, 0.15) is 34.9 Å². The summed E-state index contributed by atoms with van der Waals surface area (Å²) in [6, 6.07) is 4.10. The molecule has 1 aromatic carbocycles. The van der Waals surface area contributed by atoms with Gasteiger partial charge in [0.05, 0.1) is 5.56 Å². The molecule has 0 N–H and O–H groups in total. The fraction of sp³-hybridized carbons (Fsp3) is 0.474. The average molecular weight is 379 g/mol. The lowest BCUT2D eigenvalue weighted by Crippen LogP contribution is -2.40. The van der Waals surface area contributed by atoms with E-state index in [1.165, 1.54) is 18.2 Å². The van der Waals surface area contributed by atoms with Gasteiger partial charge in [-0.1, -0.05) is 11.6 Å². The van der Waals surface area contributed by atoms with Crippen molar-refractivity contribution in [3.8, 4) is 0 Å². The molecule has 1 aliphatic rings. The smallest absolute Gasteiger partial charge is 0.256 e. The molecular weight excluding hydrogens is 355 g/mol. The van der Waals surface area contributed by atoms with Crippen LogP contribution >= 0.6 is 11.6 Å². The van der Waals surface area contributed by atoms with Gasteiger partial charge in [0.25, 0.3) is 5.91 Å². The third-order valence-corrected chi connectivity index (χ3v) is 5.00. The van der Waals surface area contributed by atoms with Gasteiger partial charge in [0.2, 0.25) is 0 Å². The van der Waals surface area contributed by atoms with E-state index in [0.717, 1.165) is 31.8 Å². The van der Waals surface area contributed by atoms with E-state index in [1.807, 2.05) is 26.5 Å². The minimum atomic E-state index is -0.533. The van der Waals surface area contributed by atoms with Crippen LogP contribution < -0.4 is 0 Å². The lowest BCUT2D eigenvalue weighted by Gasteiger charge is -2.33. The van der Waals surface area contributed by atoms with Crippen molar-refractivity contribution in [2.45, 2.75) is 25.3 Å². The van der Waals surface area contributed by atoms with Crippen LogP contribution in [0.3, 0.4) is 0 Å². The summed E-state index contributed by atoms with van der Waals surface area (Å²) in [5.74, 6) is 0.318. The van der Waals surface area contributed by atoms with E-state index in [2.05, 4.69) is 14.5 Å². The van der Waals surface area contributed by atoms with Crippen molar-refractivity contribution in [2.75, 3.05) is 33.7 Å². The molecule has 1 aromatic heterocycles. The third kappa shape index (κ3) is 4.24. The molecule has 7 heteroatoms. The van der Waals surface area contributed by atoms with Gasteiger partial charge in [0.1, 0.15) is 11.6 Å². The van der Waals surface area contributed by atoms with Crippen molar-refractivity contribution >= 4 is 17.5 Å². The molecule has 3 rings (SSSR count). The van der Waals surface area contributed by atoms with Gasteiger partial charge in [0.15, 0.2) is 0 Å².